The highest BCUT2D eigenvalue weighted by atomic mass is 16.1. The number of hydrogen-bond acceptors (Lipinski definition) is 3. The SMILES string of the molecule is Cn1cc(CC(=O)N[C@H]2CCCNC2)cn1. The molecule has 0 radical (unpaired) electrons. The largest absolute Gasteiger partial charge is 0.352 e. The number of carbonyl (C=O) groups excluding carboxylic acids is 1. The lowest BCUT2D eigenvalue weighted by molar-refractivity contribution is -0.121. The zero-order chi connectivity index (χ0) is 11.4. The first-order valence-corrected chi connectivity index (χ1v) is 5.71. The third-order valence-electron chi connectivity index (χ3n) is 2.79. The van der Waals surface area contributed by atoms with Gasteiger partial charge in [-0.1, -0.05) is 0 Å². The first-order valence-electron chi connectivity index (χ1n) is 5.71. The third kappa shape index (κ3) is 3.06. The molecule has 1 atom stereocenters. The summed E-state index contributed by atoms with van der Waals surface area (Å²) in [5.41, 5.74) is 0.962. The second kappa shape index (κ2) is 5.12. The molecular formula is C11H18N4O. The molecule has 2 N–H and O–H groups in total. The van der Waals surface area contributed by atoms with E-state index in [1.165, 1.54) is 0 Å². The first kappa shape index (κ1) is 11.1. The van der Waals surface area contributed by atoms with Crippen molar-refractivity contribution in [2.45, 2.75) is 25.3 Å². The van der Waals surface area contributed by atoms with Crippen molar-refractivity contribution in [3.8, 4) is 0 Å². The first-order chi connectivity index (χ1) is 7.74. The number of nitrogens with one attached hydrogen (secondary N) is 2. The van der Waals surface area contributed by atoms with Crippen LogP contribution in [0.1, 0.15) is 18.4 Å². The number of piperidine rings is 1. The smallest absolute Gasteiger partial charge is 0.224 e. The molecule has 0 bridgehead atoms. The number of aryl methyl sites for hydroxylation is 1. The Kier molecular flexibility index (Phi) is 3.56. The molecule has 0 unspecified atom stereocenters. The minimum absolute atomic E-state index is 0.0849. The van der Waals surface area contributed by atoms with Gasteiger partial charge in [-0.05, 0) is 24.9 Å². The number of aromatic nitrogens is 2. The summed E-state index contributed by atoms with van der Waals surface area (Å²) in [6, 6.07) is 0.290. The molecule has 0 saturated carbocycles. The zero-order valence-electron chi connectivity index (χ0n) is 9.57. The van der Waals surface area contributed by atoms with E-state index in [2.05, 4.69) is 15.7 Å². The van der Waals surface area contributed by atoms with Crippen LogP contribution in [0.4, 0.5) is 0 Å². The Morgan fingerprint density at radius 3 is 3.25 bits per heavy atom. The lowest BCUT2D eigenvalue weighted by Crippen LogP contribution is -2.46. The van der Waals surface area contributed by atoms with Gasteiger partial charge in [-0.3, -0.25) is 9.48 Å². The van der Waals surface area contributed by atoms with Crippen LogP contribution in [-0.2, 0) is 18.3 Å². The molecule has 0 spiro atoms. The van der Waals surface area contributed by atoms with E-state index in [1.807, 2.05) is 13.2 Å². The third-order valence-corrected chi connectivity index (χ3v) is 2.79. The van der Waals surface area contributed by atoms with Gasteiger partial charge in [0.25, 0.3) is 0 Å². The molecule has 1 aromatic heterocycles. The van der Waals surface area contributed by atoms with Crippen LogP contribution in [0.3, 0.4) is 0 Å². The van der Waals surface area contributed by atoms with Crippen molar-refractivity contribution < 1.29 is 4.79 Å². The van der Waals surface area contributed by atoms with E-state index < -0.39 is 0 Å². The van der Waals surface area contributed by atoms with Crippen molar-refractivity contribution in [3.05, 3.63) is 18.0 Å². The highest BCUT2D eigenvalue weighted by Crippen LogP contribution is 2.03. The molecule has 88 valence electrons. The van der Waals surface area contributed by atoms with E-state index in [-0.39, 0.29) is 11.9 Å². The Labute approximate surface area is 95.2 Å². The van der Waals surface area contributed by atoms with Crippen molar-refractivity contribution >= 4 is 5.91 Å². The summed E-state index contributed by atoms with van der Waals surface area (Å²) in [7, 11) is 1.85. The van der Waals surface area contributed by atoms with Gasteiger partial charge in [-0.2, -0.15) is 5.10 Å². The molecule has 1 aromatic rings. The highest BCUT2D eigenvalue weighted by molar-refractivity contribution is 5.78. The van der Waals surface area contributed by atoms with Gasteiger partial charge < -0.3 is 10.6 Å². The predicted octanol–water partition coefficient (Wildman–Crippen LogP) is -0.169. The lowest BCUT2D eigenvalue weighted by atomic mass is 10.1. The Morgan fingerprint density at radius 1 is 1.75 bits per heavy atom. The van der Waals surface area contributed by atoms with Gasteiger partial charge >= 0.3 is 0 Å². The van der Waals surface area contributed by atoms with Crippen LogP contribution >= 0.6 is 0 Å². The van der Waals surface area contributed by atoms with Gasteiger partial charge in [-0.15, -0.1) is 0 Å². The van der Waals surface area contributed by atoms with Crippen molar-refractivity contribution in [3.63, 3.8) is 0 Å². The van der Waals surface area contributed by atoms with Crippen LogP contribution < -0.4 is 10.6 Å². The summed E-state index contributed by atoms with van der Waals surface area (Å²) in [5.74, 6) is 0.0849. The number of rotatable bonds is 3. The predicted molar refractivity (Wildman–Crippen MR) is 60.9 cm³/mol. The van der Waals surface area contributed by atoms with E-state index in [9.17, 15) is 4.79 Å². The van der Waals surface area contributed by atoms with Crippen LogP contribution in [-0.4, -0.2) is 34.8 Å². The standard InChI is InChI=1S/C11H18N4O/c1-15-8-9(6-13-15)5-11(16)14-10-3-2-4-12-7-10/h6,8,10,12H,2-5,7H2,1H3,(H,14,16)/t10-/m0/s1. The van der Waals surface area contributed by atoms with Gasteiger partial charge in [0.15, 0.2) is 0 Å². The zero-order valence-corrected chi connectivity index (χ0v) is 9.57. The molecule has 2 heterocycles. The van der Waals surface area contributed by atoms with Crippen LogP contribution in [0, 0.1) is 0 Å². The maximum absolute atomic E-state index is 11.7. The average molecular weight is 222 g/mol. The van der Waals surface area contributed by atoms with Gasteiger partial charge in [0, 0.05) is 25.8 Å². The molecule has 0 aliphatic carbocycles. The van der Waals surface area contributed by atoms with Gasteiger partial charge in [0.1, 0.15) is 0 Å². The summed E-state index contributed by atoms with van der Waals surface area (Å²) in [6.45, 7) is 1.95. The van der Waals surface area contributed by atoms with Crippen LogP contribution in [0.15, 0.2) is 12.4 Å². The monoisotopic (exact) mass is 222 g/mol. The van der Waals surface area contributed by atoms with Crippen LogP contribution in [0.25, 0.3) is 0 Å². The van der Waals surface area contributed by atoms with E-state index >= 15 is 0 Å². The summed E-state index contributed by atoms with van der Waals surface area (Å²) in [4.78, 5) is 11.7. The second-order valence-electron chi connectivity index (χ2n) is 4.31. The van der Waals surface area contributed by atoms with Gasteiger partial charge in [-0.25, -0.2) is 0 Å². The van der Waals surface area contributed by atoms with Crippen molar-refractivity contribution in [1.82, 2.24) is 20.4 Å². The van der Waals surface area contributed by atoms with Crippen molar-refractivity contribution in [2.75, 3.05) is 13.1 Å². The second-order valence-corrected chi connectivity index (χ2v) is 4.31. The maximum atomic E-state index is 11.7. The molecule has 1 aliphatic rings. The molecular weight excluding hydrogens is 204 g/mol. The quantitative estimate of drug-likeness (QED) is 0.746. The van der Waals surface area contributed by atoms with E-state index in [0.29, 0.717) is 6.42 Å². The summed E-state index contributed by atoms with van der Waals surface area (Å²) < 4.78 is 1.71. The Balaban J connectivity index is 1.79. The topological polar surface area (TPSA) is 59.0 Å². The fraction of sp³-hybridized carbons (Fsp3) is 0.636. The van der Waals surface area contributed by atoms with Crippen LogP contribution in [0.5, 0.6) is 0 Å². The molecule has 1 aliphatic heterocycles. The fourth-order valence-electron chi connectivity index (χ4n) is 2.00. The normalized spacial score (nSPS) is 20.7. The molecule has 5 nitrogen and oxygen atoms in total. The maximum Gasteiger partial charge on any atom is 0.224 e. The summed E-state index contributed by atoms with van der Waals surface area (Å²) in [5, 5.41) is 10.4. The molecule has 0 aromatic carbocycles. The highest BCUT2D eigenvalue weighted by Gasteiger charge is 2.15. The van der Waals surface area contributed by atoms with Crippen molar-refractivity contribution in [1.29, 1.82) is 0 Å². The summed E-state index contributed by atoms with van der Waals surface area (Å²) in [6.07, 6.45) is 6.24. The minimum Gasteiger partial charge on any atom is -0.352 e. The number of amides is 1. The van der Waals surface area contributed by atoms with E-state index in [4.69, 9.17) is 0 Å². The summed E-state index contributed by atoms with van der Waals surface area (Å²) >= 11 is 0. The van der Waals surface area contributed by atoms with Gasteiger partial charge in [0.2, 0.25) is 5.91 Å². The number of nitrogens with zero attached hydrogens (tertiary/aromatic N) is 2. The molecule has 1 fully saturated rings. The molecule has 5 heteroatoms. The molecule has 16 heavy (non-hydrogen) atoms. The van der Waals surface area contributed by atoms with E-state index in [1.54, 1.807) is 10.9 Å². The Hall–Kier alpha value is -1.36. The Bertz CT molecular complexity index is 355. The van der Waals surface area contributed by atoms with Crippen molar-refractivity contribution in [2.24, 2.45) is 7.05 Å². The minimum atomic E-state index is 0.0849. The van der Waals surface area contributed by atoms with Gasteiger partial charge in [0.05, 0.1) is 12.6 Å². The van der Waals surface area contributed by atoms with Crippen LogP contribution in [0.2, 0.25) is 0 Å². The number of carbonyl (C=O) groups is 1. The molecule has 1 saturated heterocycles. The lowest BCUT2D eigenvalue weighted by Gasteiger charge is -2.23. The fourth-order valence-corrected chi connectivity index (χ4v) is 2.00. The Morgan fingerprint density at radius 2 is 2.62 bits per heavy atom. The average Bonchev–Trinajstić information content (AvgIpc) is 2.65. The molecule has 2 rings (SSSR count). The molecule has 1 amide bonds. The van der Waals surface area contributed by atoms with E-state index in [0.717, 1.165) is 31.5 Å². The number of hydrogen-bond donors (Lipinski definition) is 2.